The minimum Gasteiger partial charge on any atom is -0.0620 e. The minimum atomic E-state index is -2.05. The van der Waals surface area contributed by atoms with Crippen LogP contribution in [0.2, 0.25) is 0 Å². The van der Waals surface area contributed by atoms with E-state index in [2.05, 4.69) is 72.8 Å². The SMILES string of the molecule is Cl[P+](c1ccccc1)(c1ccccc1)c1ccccc1.[Rh]. The summed E-state index contributed by atoms with van der Waals surface area (Å²) in [4.78, 5) is 0. The number of benzene rings is 3. The van der Waals surface area contributed by atoms with E-state index >= 15 is 0 Å². The van der Waals surface area contributed by atoms with Crippen molar-refractivity contribution in [2.24, 2.45) is 0 Å². The molecule has 0 aromatic heterocycles. The van der Waals surface area contributed by atoms with Crippen LogP contribution in [0.25, 0.3) is 0 Å². The molecule has 3 rings (SSSR count). The molecular weight excluding hydrogens is 386 g/mol. The van der Waals surface area contributed by atoms with E-state index in [1.807, 2.05) is 18.2 Å². The first-order valence-corrected chi connectivity index (χ1v) is 9.27. The average Bonchev–Trinajstić information content (AvgIpc) is 2.56. The average molecular weight is 401 g/mol. The number of hydrogen-bond donors (Lipinski definition) is 0. The molecule has 0 spiro atoms. The molecule has 0 amide bonds. The van der Waals surface area contributed by atoms with E-state index in [4.69, 9.17) is 11.2 Å². The third-order valence-corrected chi connectivity index (χ3v) is 8.12. The van der Waals surface area contributed by atoms with Crippen molar-refractivity contribution in [3.8, 4) is 0 Å². The van der Waals surface area contributed by atoms with E-state index in [0.717, 1.165) is 0 Å². The second-order valence-corrected chi connectivity index (χ2v) is 8.84. The van der Waals surface area contributed by atoms with Gasteiger partial charge in [0.15, 0.2) is 0 Å². The summed E-state index contributed by atoms with van der Waals surface area (Å²) in [5, 5.41) is 3.58. The zero-order valence-electron chi connectivity index (χ0n) is 11.3. The van der Waals surface area contributed by atoms with Gasteiger partial charge in [0, 0.05) is 19.5 Å². The van der Waals surface area contributed by atoms with Crippen molar-refractivity contribution in [2.45, 2.75) is 0 Å². The van der Waals surface area contributed by atoms with Gasteiger partial charge in [0.05, 0.1) is 0 Å². The van der Waals surface area contributed by atoms with Gasteiger partial charge in [0.2, 0.25) is 6.62 Å². The van der Waals surface area contributed by atoms with Crippen molar-refractivity contribution < 1.29 is 19.5 Å². The third kappa shape index (κ3) is 3.27. The van der Waals surface area contributed by atoms with E-state index in [1.165, 1.54) is 15.9 Å². The van der Waals surface area contributed by atoms with Crippen LogP contribution in [0.1, 0.15) is 0 Å². The van der Waals surface area contributed by atoms with Gasteiger partial charge in [-0.25, -0.2) is 0 Å². The maximum absolute atomic E-state index is 7.23. The second kappa shape index (κ2) is 7.32. The zero-order valence-corrected chi connectivity index (χ0v) is 14.6. The van der Waals surface area contributed by atoms with Crippen molar-refractivity contribution in [2.75, 3.05) is 0 Å². The van der Waals surface area contributed by atoms with Gasteiger partial charge in [0.25, 0.3) is 0 Å². The van der Waals surface area contributed by atoms with E-state index in [0.29, 0.717) is 0 Å². The molecule has 3 heteroatoms. The third-order valence-electron chi connectivity index (χ3n) is 3.34. The maximum atomic E-state index is 7.23. The van der Waals surface area contributed by atoms with Crippen LogP contribution in [-0.2, 0) is 19.5 Å². The van der Waals surface area contributed by atoms with Gasteiger partial charge >= 0.3 is 0 Å². The summed E-state index contributed by atoms with van der Waals surface area (Å²) in [6, 6.07) is 31.2. The Morgan fingerprint density at radius 1 is 0.476 bits per heavy atom. The first-order chi connectivity index (χ1) is 9.82. The molecule has 3 aromatic carbocycles. The molecule has 107 valence electrons. The van der Waals surface area contributed by atoms with Crippen molar-refractivity contribution in [3.05, 3.63) is 91.0 Å². The smallest absolute Gasteiger partial charge is 0.0620 e. The van der Waals surface area contributed by atoms with Crippen LogP contribution in [0.3, 0.4) is 0 Å². The Kier molecular flexibility index (Phi) is 5.71. The molecule has 0 aliphatic heterocycles. The molecule has 0 atom stereocenters. The van der Waals surface area contributed by atoms with E-state index in [1.54, 1.807) is 0 Å². The van der Waals surface area contributed by atoms with Gasteiger partial charge in [-0.3, -0.25) is 0 Å². The summed E-state index contributed by atoms with van der Waals surface area (Å²) in [5.74, 6) is 0. The molecule has 0 bridgehead atoms. The Morgan fingerprint density at radius 3 is 0.952 bits per heavy atom. The number of halogens is 1. The van der Waals surface area contributed by atoms with E-state index in [-0.39, 0.29) is 19.5 Å². The van der Waals surface area contributed by atoms with Crippen LogP contribution in [0, 0.1) is 0 Å². The van der Waals surface area contributed by atoms with Gasteiger partial charge in [-0.05, 0) is 36.4 Å². The molecule has 0 nitrogen and oxygen atoms in total. The predicted molar refractivity (Wildman–Crippen MR) is 91.0 cm³/mol. The monoisotopic (exact) mass is 400 g/mol. The molecule has 0 aliphatic carbocycles. The van der Waals surface area contributed by atoms with Crippen molar-refractivity contribution in [1.82, 2.24) is 0 Å². The normalized spacial score (nSPS) is 10.7. The molecule has 0 unspecified atom stereocenters. The summed E-state index contributed by atoms with van der Waals surface area (Å²) in [6.45, 7) is -2.05. The Hall–Kier alpha value is -0.997. The molecule has 1 radical (unpaired) electrons. The summed E-state index contributed by atoms with van der Waals surface area (Å²) in [5.41, 5.74) is 0. The van der Waals surface area contributed by atoms with Crippen LogP contribution in [0.15, 0.2) is 91.0 Å². The Bertz CT molecular complexity index is 575. The first kappa shape index (κ1) is 16.4. The molecular formula is C18H15ClPRh+. The Morgan fingerprint density at radius 2 is 0.714 bits per heavy atom. The summed E-state index contributed by atoms with van der Waals surface area (Å²) in [6.07, 6.45) is 0. The molecule has 0 aliphatic rings. The fourth-order valence-corrected chi connectivity index (χ4v) is 6.00. The molecule has 21 heavy (non-hydrogen) atoms. The minimum absolute atomic E-state index is 0. The van der Waals surface area contributed by atoms with Crippen molar-refractivity contribution in [3.63, 3.8) is 0 Å². The second-order valence-electron chi connectivity index (χ2n) is 4.60. The van der Waals surface area contributed by atoms with E-state index < -0.39 is 6.62 Å². The van der Waals surface area contributed by atoms with Crippen LogP contribution in [-0.4, -0.2) is 0 Å². The predicted octanol–water partition coefficient (Wildman–Crippen LogP) is 4.13. The molecule has 0 N–H and O–H groups in total. The fourth-order valence-electron chi connectivity index (χ4n) is 2.35. The quantitative estimate of drug-likeness (QED) is 0.458. The van der Waals surface area contributed by atoms with Crippen LogP contribution >= 0.6 is 17.9 Å². The van der Waals surface area contributed by atoms with Crippen molar-refractivity contribution in [1.29, 1.82) is 0 Å². The summed E-state index contributed by atoms with van der Waals surface area (Å²) in [7, 11) is 0. The van der Waals surface area contributed by atoms with Crippen LogP contribution < -0.4 is 15.9 Å². The molecule has 0 fully saturated rings. The topological polar surface area (TPSA) is 0 Å². The van der Waals surface area contributed by atoms with Crippen molar-refractivity contribution >= 4 is 33.8 Å². The van der Waals surface area contributed by atoms with Gasteiger partial charge < -0.3 is 0 Å². The van der Waals surface area contributed by atoms with Crippen LogP contribution in [0.4, 0.5) is 0 Å². The summed E-state index contributed by atoms with van der Waals surface area (Å²) >= 11 is 7.23. The Balaban J connectivity index is 0.00000161. The van der Waals surface area contributed by atoms with Gasteiger partial charge in [0.1, 0.15) is 27.2 Å². The van der Waals surface area contributed by atoms with E-state index in [9.17, 15) is 0 Å². The van der Waals surface area contributed by atoms with Gasteiger partial charge in [-0.1, -0.05) is 54.6 Å². The molecule has 0 saturated heterocycles. The van der Waals surface area contributed by atoms with Crippen LogP contribution in [0.5, 0.6) is 0 Å². The van der Waals surface area contributed by atoms with Gasteiger partial charge in [-0.2, -0.15) is 0 Å². The molecule has 0 heterocycles. The summed E-state index contributed by atoms with van der Waals surface area (Å²) < 4.78 is 0. The number of hydrogen-bond acceptors (Lipinski definition) is 0. The maximum Gasteiger partial charge on any atom is 0.210 e. The molecule has 3 aromatic rings. The number of rotatable bonds is 3. The zero-order chi connectivity index (χ0) is 13.8. The largest absolute Gasteiger partial charge is 0.210 e. The first-order valence-electron chi connectivity index (χ1n) is 6.57. The standard InChI is InChI=1S/C18H15ClP.Rh/c19-20(16-10-4-1-5-11-16,17-12-6-2-7-13-17)18-14-8-3-9-15-18;/h1-15H;/q+1;. The Labute approximate surface area is 144 Å². The molecule has 0 saturated carbocycles. The van der Waals surface area contributed by atoms with Gasteiger partial charge in [-0.15, -0.1) is 0 Å². The fraction of sp³-hybridized carbons (Fsp3) is 0.